The lowest BCUT2D eigenvalue weighted by atomic mass is 10.1. The SMILES string of the molecule is CCCCOc1ncccc1CNC(=O)c1ccccc1NC(=O)c1cccs1. The molecule has 0 saturated heterocycles. The number of amides is 2. The molecule has 0 fully saturated rings. The van der Waals surface area contributed by atoms with Gasteiger partial charge < -0.3 is 15.4 Å². The van der Waals surface area contributed by atoms with Crippen LogP contribution in [0.3, 0.4) is 0 Å². The zero-order valence-corrected chi connectivity index (χ0v) is 17.0. The van der Waals surface area contributed by atoms with E-state index in [1.54, 1.807) is 36.5 Å². The van der Waals surface area contributed by atoms with E-state index in [-0.39, 0.29) is 18.4 Å². The predicted octanol–water partition coefficient (Wildman–Crippen LogP) is 4.50. The van der Waals surface area contributed by atoms with Gasteiger partial charge in [0.2, 0.25) is 5.88 Å². The van der Waals surface area contributed by atoms with Gasteiger partial charge in [0.25, 0.3) is 11.8 Å². The zero-order valence-electron chi connectivity index (χ0n) is 16.2. The molecular weight excluding hydrogens is 386 g/mol. The molecule has 7 heteroatoms. The van der Waals surface area contributed by atoms with Crippen LogP contribution in [0.25, 0.3) is 0 Å². The number of nitrogens with zero attached hydrogens (tertiary/aromatic N) is 1. The Hall–Kier alpha value is -3.19. The van der Waals surface area contributed by atoms with Crippen LogP contribution >= 0.6 is 11.3 Å². The van der Waals surface area contributed by atoms with Crippen molar-refractivity contribution in [2.45, 2.75) is 26.3 Å². The van der Waals surface area contributed by atoms with Crippen LogP contribution in [0.5, 0.6) is 5.88 Å². The average Bonchev–Trinajstić information content (AvgIpc) is 3.28. The molecule has 3 rings (SSSR count). The Labute approximate surface area is 173 Å². The van der Waals surface area contributed by atoms with Gasteiger partial charge in [-0.15, -0.1) is 11.3 Å². The van der Waals surface area contributed by atoms with Crippen molar-refractivity contribution in [2.24, 2.45) is 0 Å². The van der Waals surface area contributed by atoms with E-state index < -0.39 is 0 Å². The summed E-state index contributed by atoms with van der Waals surface area (Å²) >= 11 is 1.35. The summed E-state index contributed by atoms with van der Waals surface area (Å²) in [4.78, 5) is 29.9. The van der Waals surface area contributed by atoms with Gasteiger partial charge in [-0.25, -0.2) is 4.98 Å². The number of hydrogen-bond donors (Lipinski definition) is 2. The number of unbranched alkanes of at least 4 members (excludes halogenated alkanes) is 1. The van der Waals surface area contributed by atoms with Crippen molar-refractivity contribution in [1.29, 1.82) is 0 Å². The number of para-hydroxylation sites is 1. The molecular formula is C22H23N3O3S. The van der Waals surface area contributed by atoms with Crippen molar-refractivity contribution in [2.75, 3.05) is 11.9 Å². The first-order valence-corrected chi connectivity index (χ1v) is 10.4. The highest BCUT2D eigenvalue weighted by molar-refractivity contribution is 7.12. The van der Waals surface area contributed by atoms with Crippen LogP contribution in [0.4, 0.5) is 5.69 Å². The normalized spacial score (nSPS) is 10.4. The minimum atomic E-state index is -0.282. The lowest BCUT2D eigenvalue weighted by Gasteiger charge is -2.13. The van der Waals surface area contributed by atoms with E-state index in [9.17, 15) is 9.59 Å². The number of ether oxygens (including phenoxy) is 1. The van der Waals surface area contributed by atoms with Crippen LogP contribution in [0.2, 0.25) is 0 Å². The largest absolute Gasteiger partial charge is 0.477 e. The van der Waals surface area contributed by atoms with Crippen molar-refractivity contribution >= 4 is 28.8 Å². The summed E-state index contributed by atoms with van der Waals surface area (Å²) in [5, 5.41) is 7.53. The van der Waals surface area contributed by atoms with Crippen LogP contribution < -0.4 is 15.4 Å². The fourth-order valence-corrected chi connectivity index (χ4v) is 3.27. The van der Waals surface area contributed by atoms with Crippen LogP contribution in [0, 0.1) is 0 Å². The van der Waals surface area contributed by atoms with Crippen molar-refractivity contribution < 1.29 is 14.3 Å². The number of carbonyl (C=O) groups excluding carboxylic acids is 2. The van der Waals surface area contributed by atoms with E-state index in [0.717, 1.165) is 18.4 Å². The predicted molar refractivity (Wildman–Crippen MR) is 115 cm³/mol. The number of anilines is 1. The lowest BCUT2D eigenvalue weighted by molar-refractivity contribution is 0.0951. The van der Waals surface area contributed by atoms with Crippen LogP contribution in [-0.4, -0.2) is 23.4 Å². The number of nitrogens with one attached hydrogen (secondary N) is 2. The third-order valence-corrected chi connectivity index (χ3v) is 5.06. The van der Waals surface area contributed by atoms with Crippen LogP contribution in [-0.2, 0) is 6.54 Å². The maximum atomic E-state index is 12.8. The highest BCUT2D eigenvalue weighted by Crippen LogP contribution is 2.19. The summed E-state index contributed by atoms with van der Waals surface area (Å²) in [6, 6.07) is 14.2. The van der Waals surface area contributed by atoms with Gasteiger partial charge in [0.05, 0.1) is 22.7 Å². The topological polar surface area (TPSA) is 80.3 Å². The van der Waals surface area contributed by atoms with Gasteiger partial charge in [0.15, 0.2) is 0 Å². The molecule has 3 aromatic rings. The Balaban J connectivity index is 1.67. The van der Waals surface area contributed by atoms with E-state index in [1.165, 1.54) is 11.3 Å². The number of hydrogen-bond acceptors (Lipinski definition) is 5. The van der Waals surface area contributed by atoms with Gasteiger partial charge >= 0.3 is 0 Å². The first-order chi connectivity index (χ1) is 14.2. The fourth-order valence-electron chi connectivity index (χ4n) is 2.65. The molecule has 0 bridgehead atoms. The second-order valence-corrected chi connectivity index (χ2v) is 7.28. The lowest BCUT2D eigenvalue weighted by Crippen LogP contribution is -2.25. The summed E-state index contributed by atoms with van der Waals surface area (Å²) in [6.45, 7) is 2.96. The summed E-state index contributed by atoms with van der Waals surface area (Å²) in [5.41, 5.74) is 1.67. The number of benzene rings is 1. The summed E-state index contributed by atoms with van der Waals surface area (Å²) in [6.07, 6.45) is 3.65. The van der Waals surface area contributed by atoms with Gasteiger partial charge in [-0.05, 0) is 36.1 Å². The van der Waals surface area contributed by atoms with Crippen LogP contribution in [0.1, 0.15) is 45.4 Å². The molecule has 2 amide bonds. The summed E-state index contributed by atoms with van der Waals surface area (Å²) in [7, 11) is 0. The molecule has 29 heavy (non-hydrogen) atoms. The Morgan fingerprint density at radius 3 is 2.72 bits per heavy atom. The molecule has 0 aliphatic heterocycles. The summed E-state index contributed by atoms with van der Waals surface area (Å²) in [5.74, 6) is 0.00935. The Morgan fingerprint density at radius 1 is 1.07 bits per heavy atom. The van der Waals surface area contributed by atoms with E-state index >= 15 is 0 Å². The first-order valence-electron chi connectivity index (χ1n) is 9.47. The zero-order chi connectivity index (χ0) is 20.5. The van der Waals surface area contributed by atoms with Gasteiger partial charge in [0, 0.05) is 18.3 Å². The quantitative estimate of drug-likeness (QED) is 0.510. The van der Waals surface area contributed by atoms with E-state index in [1.807, 2.05) is 23.6 Å². The highest BCUT2D eigenvalue weighted by Gasteiger charge is 2.15. The molecule has 2 N–H and O–H groups in total. The van der Waals surface area contributed by atoms with Gasteiger partial charge in [-0.1, -0.05) is 37.6 Å². The van der Waals surface area contributed by atoms with Crippen molar-refractivity contribution in [3.63, 3.8) is 0 Å². The molecule has 0 saturated carbocycles. The van der Waals surface area contributed by atoms with Crippen molar-refractivity contribution in [3.05, 3.63) is 76.1 Å². The minimum absolute atomic E-state index is 0.237. The van der Waals surface area contributed by atoms with Gasteiger partial charge in [0.1, 0.15) is 0 Å². The molecule has 2 aromatic heterocycles. The Morgan fingerprint density at radius 2 is 1.93 bits per heavy atom. The second kappa shape index (κ2) is 10.4. The minimum Gasteiger partial charge on any atom is -0.477 e. The molecule has 1 aromatic carbocycles. The number of rotatable bonds is 9. The first kappa shape index (κ1) is 20.5. The Bertz CT molecular complexity index is 957. The number of aromatic nitrogens is 1. The van der Waals surface area contributed by atoms with Crippen molar-refractivity contribution in [1.82, 2.24) is 10.3 Å². The molecule has 0 aliphatic rings. The van der Waals surface area contributed by atoms with Crippen molar-refractivity contribution in [3.8, 4) is 5.88 Å². The molecule has 6 nitrogen and oxygen atoms in total. The smallest absolute Gasteiger partial charge is 0.265 e. The second-order valence-electron chi connectivity index (χ2n) is 6.33. The maximum absolute atomic E-state index is 12.8. The third-order valence-electron chi connectivity index (χ3n) is 4.19. The molecule has 0 unspecified atom stereocenters. The van der Waals surface area contributed by atoms with E-state index in [0.29, 0.717) is 28.6 Å². The maximum Gasteiger partial charge on any atom is 0.265 e. The molecule has 0 aliphatic carbocycles. The number of thiophene rings is 1. The molecule has 0 radical (unpaired) electrons. The average molecular weight is 410 g/mol. The van der Waals surface area contributed by atoms with Crippen LogP contribution in [0.15, 0.2) is 60.1 Å². The monoisotopic (exact) mass is 409 g/mol. The highest BCUT2D eigenvalue weighted by atomic mass is 32.1. The molecule has 0 spiro atoms. The third kappa shape index (κ3) is 5.65. The molecule has 150 valence electrons. The Kier molecular flexibility index (Phi) is 7.35. The fraction of sp³-hybridized carbons (Fsp3) is 0.227. The molecule has 2 heterocycles. The van der Waals surface area contributed by atoms with E-state index in [2.05, 4.69) is 22.5 Å². The van der Waals surface area contributed by atoms with Gasteiger partial charge in [-0.2, -0.15) is 0 Å². The summed E-state index contributed by atoms with van der Waals surface area (Å²) < 4.78 is 5.71. The van der Waals surface area contributed by atoms with E-state index in [4.69, 9.17) is 4.74 Å². The standard InChI is InChI=1S/C22H23N3O3S/c1-2-3-13-28-22-16(8-6-12-23-22)15-24-20(26)17-9-4-5-10-18(17)25-21(27)19-11-7-14-29-19/h4-12,14H,2-3,13,15H2,1H3,(H,24,26)(H,25,27). The number of pyridine rings is 1. The molecule has 0 atom stereocenters. The number of carbonyl (C=O) groups is 2. The van der Waals surface area contributed by atoms with Gasteiger partial charge in [-0.3, -0.25) is 9.59 Å².